The summed E-state index contributed by atoms with van der Waals surface area (Å²) in [6, 6.07) is 4.55. The minimum atomic E-state index is -3.66. The molecule has 0 heterocycles. The van der Waals surface area contributed by atoms with Gasteiger partial charge in [-0.15, -0.1) is 0 Å². The van der Waals surface area contributed by atoms with Crippen molar-refractivity contribution in [2.24, 2.45) is 5.14 Å². The first-order valence-corrected chi connectivity index (χ1v) is 7.83. The van der Waals surface area contributed by atoms with Crippen LogP contribution >= 0.6 is 0 Å². The molecule has 0 aliphatic heterocycles. The van der Waals surface area contributed by atoms with Gasteiger partial charge in [0.2, 0.25) is 10.0 Å². The highest BCUT2D eigenvalue weighted by Gasteiger charge is 2.09. The average Bonchev–Trinajstić information content (AvgIpc) is 2.34. The van der Waals surface area contributed by atoms with Gasteiger partial charge in [0.15, 0.2) is 0 Å². The van der Waals surface area contributed by atoms with Crippen molar-refractivity contribution in [2.45, 2.75) is 31.6 Å². The Bertz CT molecular complexity index is 499. The first-order valence-electron chi connectivity index (χ1n) is 6.29. The zero-order valence-electron chi connectivity index (χ0n) is 11.4. The normalized spacial score (nSPS) is 11.5. The number of ether oxygens (including phenoxy) is 2. The SMILES string of the molecule is CCCCOCCOc1ccc(S(N)(=O)=O)cc1C. The second-order valence-corrected chi connectivity index (χ2v) is 5.85. The average molecular weight is 287 g/mol. The number of sulfonamides is 1. The molecule has 2 N–H and O–H groups in total. The van der Waals surface area contributed by atoms with Gasteiger partial charge in [-0.25, -0.2) is 13.6 Å². The van der Waals surface area contributed by atoms with Crippen LogP contribution in [0.15, 0.2) is 23.1 Å². The van der Waals surface area contributed by atoms with Crippen molar-refractivity contribution >= 4 is 10.0 Å². The molecule has 0 bridgehead atoms. The Hall–Kier alpha value is -1.11. The van der Waals surface area contributed by atoms with E-state index in [1.165, 1.54) is 12.1 Å². The minimum absolute atomic E-state index is 0.0940. The fraction of sp³-hybridized carbons (Fsp3) is 0.538. The molecule has 1 rings (SSSR count). The van der Waals surface area contributed by atoms with E-state index in [9.17, 15) is 8.42 Å². The molecule has 0 aliphatic rings. The lowest BCUT2D eigenvalue weighted by Crippen LogP contribution is -2.13. The van der Waals surface area contributed by atoms with Crippen molar-refractivity contribution in [3.63, 3.8) is 0 Å². The third-order valence-corrected chi connectivity index (χ3v) is 3.51. The lowest BCUT2D eigenvalue weighted by molar-refractivity contribution is 0.0978. The molecular formula is C13H21NO4S. The number of hydrogen-bond acceptors (Lipinski definition) is 4. The fourth-order valence-corrected chi connectivity index (χ4v) is 2.12. The predicted octanol–water partition coefficient (Wildman–Crippen LogP) is 1.84. The van der Waals surface area contributed by atoms with E-state index < -0.39 is 10.0 Å². The summed E-state index contributed by atoms with van der Waals surface area (Å²) in [5.41, 5.74) is 0.736. The summed E-state index contributed by atoms with van der Waals surface area (Å²) >= 11 is 0. The molecule has 108 valence electrons. The molecule has 1 aromatic rings. The van der Waals surface area contributed by atoms with E-state index in [1.54, 1.807) is 13.0 Å². The molecule has 19 heavy (non-hydrogen) atoms. The molecule has 0 spiro atoms. The van der Waals surface area contributed by atoms with E-state index in [-0.39, 0.29) is 4.90 Å². The Labute approximate surface area is 114 Å². The second-order valence-electron chi connectivity index (χ2n) is 4.29. The highest BCUT2D eigenvalue weighted by molar-refractivity contribution is 7.89. The lowest BCUT2D eigenvalue weighted by Gasteiger charge is -2.10. The first kappa shape index (κ1) is 15.9. The van der Waals surface area contributed by atoms with Gasteiger partial charge in [-0.3, -0.25) is 0 Å². The van der Waals surface area contributed by atoms with Gasteiger partial charge >= 0.3 is 0 Å². The van der Waals surface area contributed by atoms with Crippen molar-refractivity contribution in [1.82, 2.24) is 0 Å². The highest BCUT2D eigenvalue weighted by atomic mass is 32.2. The summed E-state index contributed by atoms with van der Waals surface area (Å²) in [6.45, 7) is 5.59. The Morgan fingerprint density at radius 1 is 1.21 bits per heavy atom. The summed E-state index contributed by atoms with van der Waals surface area (Å²) in [7, 11) is -3.66. The number of benzene rings is 1. The van der Waals surface area contributed by atoms with E-state index in [0.717, 1.165) is 25.0 Å². The van der Waals surface area contributed by atoms with Crippen LogP contribution < -0.4 is 9.88 Å². The molecule has 0 atom stereocenters. The molecule has 1 aromatic carbocycles. The van der Waals surface area contributed by atoms with Crippen molar-refractivity contribution < 1.29 is 17.9 Å². The molecule has 0 saturated carbocycles. The first-order chi connectivity index (χ1) is 8.95. The molecular weight excluding hydrogens is 266 g/mol. The summed E-state index contributed by atoms with van der Waals surface area (Å²) < 4.78 is 33.2. The number of hydrogen-bond donors (Lipinski definition) is 1. The van der Waals surface area contributed by atoms with E-state index in [0.29, 0.717) is 19.0 Å². The number of rotatable bonds is 8. The summed E-state index contributed by atoms with van der Waals surface area (Å²) in [4.78, 5) is 0.0940. The molecule has 0 amide bonds. The summed E-state index contributed by atoms with van der Waals surface area (Å²) in [5.74, 6) is 0.645. The van der Waals surface area contributed by atoms with Crippen molar-refractivity contribution in [3.05, 3.63) is 23.8 Å². The van der Waals surface area contributed by atoms with Crippen LogP contribution in [0.2, 0.25) is 0 Å². The zero-order chi connectivity index (χ0) is 14.3. The summed E-state index contributed by atoms with van der Waals surface area (Å²) in [6.07, 6.45) is 2.15. The second kappa shape index (κ2) is 7.47. The van der Waals surface area contributed by atoms with Crippen LogP contribution in [0, 0.1) is 6.92 Å². The molecule has 0 aliphatic carbocycles. The molecule has 6 heteroatoms. The van der Waals surface area contributed by atoms with Gasteiger partial charge in [-0.05, 0) is 37.1 Å². The van der Waals surface area contributed by atoms with Gasteiger partial charge in [0.25, 0.3) is 0 Å². The van der Waals surface area contributed by atoms with Crippen LogP contribution in [0.4, 0.5) is 0 Å². The van der Waals surface area contributed by atoms with Crippen LogP contribution in [0.3, 0.4) is 0 Å². The smallest absolute Gasteiger partial charge is 0.238 e. The number of primary sulfonamides is 1. The Morgan fingerprint density at radius 3 is 2.53 bits per heavy atom. The quantitative estimate of drug-likeness (QED) is 0.740. The van der Waals surface area contributed by atoms with E-state index >= 15 is 0 Å². The molecule has 0 aromatic heterocycles. The Morgan fingerprint density at radius 2 is 1.95 bits per heavy atom. The third kappa shape index (κ3) is 5.59. The van der Waals surface area contributed by atoms with E-state index in [4.69, 9.17) is 14.6 Å². The lowest BCUT2D eigenvalue weighted by atomic mass is 10.2. The Balaban J connectivity index is 2.47. The molecule has 0 saturated heterocycles. The topological polar surface area (TPSA) is 78.6 Å². The van der Waals surface area contributed by atoms with Gasteiger partial charge in [-0.1, -0.05) is 13.3 Å². The van der Waals surface area contributed by atoms with Crippen molar-refractivity contribution in [3.8, 4) is 5.75 Å². The van der Waals surface area contributed by atoms with Crippen LogP contribution in [0.5, 0.6) is 5.75 Å². The summed E-state index contributed by atoms with van der Waals surface area (Å²) in [5, 5.41) is 5.06. The van der Waals surface area contributed by atoms with Gasteiger partial charge in [0.05, 0.1) is 11.5 Å². The maximum atomic E-state index is 11.2. The molecule has 0 fully saturated rings. The van der Waals surface area contributed by atoms with Crippen LogP contribution in [0.25, 0.3) is 0 Å². The van der Waals surface area contributed by atoms with Gasteiger partial charge < -0.3 is 9.47 Å². The van der Waals surface area contributed by atoms with Crippen LogP contribution in [0.1, 0.15) is 25.3 Å². The maximum Gasteiger partial charge on any atom is 0.238 e. The third-order valence-electron chi connectivity index (χ3n) is 2.60. The zero-order valence-corrected chi connectivity index (χ0v) is 12.2. The van der Waals surface area contributed by atoms with E-state index in [2.05, 4.69) is 6.92 Å². The number of nitrogens with two attached hydrogens (primary N) is 1. The largest absolute Gasteiger partial charge is 0.491 e. The highest BCUT2D eigenvalue weighted by Crippen LogP contribution is 2.20. The predicted molar refractivity (Wildman–Crippen MR) is 73.8 cm³/mol. The molecule has 5 nitrogen and oxygen atoms in total. The van der Waals surface area contributed by atoms with Crippen molar-refractivity contribution in [1.29, 1.82) is 0 Å². The monoisotopic (exact) mass is 287 g/mol. The van der Waals surface area contributed by atoms with Crippen LogP contribution in [-0.2, 0) is 14.8 Å². The fourth-order valence-electron chi connectivity index (χ4n) is 1.52. The maximum absolute atomic E-state index is 11.2. The number of unbranched alkanes of at least 4 members (excludes halogenated alkanes) is 1. The Kier molecular flexibility index (Phi) is 6.27. The molecule has 0 unspecified atom stereocenters. The minimum Gasteiger partial charge on any atom is -0.491 e. The number of aryl methyl sites for hydroxylation is 1. The van der Waals surface area contributed by atoms with Gasteiger partial charge in [0.1, 0.15) is 12.4 Å². The van der Waals surface area contributed by atoms with Gasteiger partial charge in [0, 0.05) is 6.61 Å². The van der Waals surface area contributed by atoms with Gasteiger partial charge in [-0.2, -0.15) is 0 Å². The molecule has 0 radical (unpaired) electrons. The van der Waals surface area contributed by atoms with Crippen LogP contribution in [-0.4, -0.2) is 28.2 Å². The van der Waals surface area contributed by atoms with E-state index in [1.807, 2.05) is 0 Å². The standard InChI is InChI=1S/C13H21NO4S/c1-3-4-7-17-8-9-18-13-6-5-12(10-11(13)2)19(14,15)16/h5-6,10H,3-4,7-9H2,1-2H3,(H2,14,15,16). The van der Waals surface area contributed by atoms with Crippen molar-refractivity contribution in [2.75, 3.05) is 19.8 Å².